The first-order chi connectivity index (χ1) is 9.81. The Hall–Kier alpha value is -2.81. The lowest BCUT2D eigenvalue weighted by Gasteiger charge is -2.05. The monoisotopic (exact) mass is 306 g/mol. The molecule has 0 bridgehead atoms. The molecule has 0 aliphatic heterocycles. The van der Waals surface area contributed by atoms with E-state index in [4.69, 9.17) is 11.5 Å². The zero-order valence-corrected chi connectivity index (χ0v) is 11.6. The van der Waals surface area contributed by atoms with Crippen LogP contribution in [0.5, 0.6) is 0 Å². The molecule has 2 aromatic rings. The Bertz CT molecular complexity index is 769. The van der Waals surface area contributed by atoms with Gasteiger partial charge in [-0.1, -0.05) is 0 Å². The maximum absolute atomic E-state index is 11.5. The number of primary amides is 2. The van der Waals surface area contributed by atoms with Crippen LogP contribution in [0, 0.1) is 17.0 Å². The van der Waals surface area contributed by atoms with Gasteiger partial charge >= 0.3 is 5.00 Å². The number of thiazole rings is 1. The smallest absolute Gasteiger partial charge is 0.347 e. The van der Waals surface area contributed by atoms with E-state index in [9.17, 15) is 19.7 Å². The van der Waals surface area contributed by atoms with Crippen LogP contribution in [-0.2, 0) is 0 Å². The van der Waals surface area contributed by atoms with Crippen LogP contribution in [0.25, 0.3) is 10.6 Å². The first kappa shape index (κ1) is 14.6. The molecule has 0 aliphatic rings. The lowest BCUT2D eigenvalue weighted by molar-refractivity contribution is -0.380. The van der Waals surface area contributed by atoms with Gasteiger partial charge in [-0.2, -0.15) is 0 Å². The number of benzene rings is 1. The summed E-state index contributed by atoms with van der Waals surface area (Å²) in [7, 11) is 0. The summed E-state index contributed by atoms with van der Waals surface area (Å²) in [4.78, 5) is 37.1. The number of nitrogens with zero attached hydrogens (tertiary/aromatic N) is 2. The third-order valence-corrected chi connectivity index (χ3v) is 3.88. The van der Waals surface area contributed by atoms with Crippen molar-refractivity contribution in [2.45, 2.75) is 6.92 Å². The summed E-state index contributed by atoms with van der Waals surface area (Å²) >= 11 is 0.803. The second kappa shape index (κ2) is 5.29. The molecule has 9 heteroatoms. The average molecular weight is 306 g/mol. The van der Waals surface area contributed by atoms with Gasteiger partial charge in [-0.25, -0.2) is 4.98 Å². The van der Waals surface area contributed by atoms with Crippen LogP contribution < -0.4 is 11.5 Å². The van der Waals surface area contributed by atoms with E-state index < -0.39 is 16.7 Å². The minimum atomic E-state index is -0.725. The number of aromatic nitrogens is 1. The van der Waals surface area contributed by atoms with Crippen molar-refractivity contribution >= 4 is 28.2 Å². The molecule has 21 heavy (non-hydrogen) atoms. The molecule has 2 amide bonds. The van der Waals surface area contributed by atoms with Gasteiger partial charge in [0.25, 0.3) is 0 Å². The number of nitrogens with two attached hydrogens (primary N) is 2. The Labute approximate surface area is 122 Å². The fourth-order valence-corrected chi connectivity index (χ4v) is 2.67. The van der Waals surface area contributed by atoms with Gasteiger partial charge in [0.1, 0.15) is 10.7 Å². The molecule has 0 spiro atoms. The number of hydrogen-bond acceptors (Lipinski definition) is 6. The van der Waals surface area contributed by atoms with Crippen molar-refractivity contribution in [2.75, 3.05) is 0 Å². The maximum atomic E-state index is 11.5. The largest absolute Gasteiger partial charge is 0.366 e. The standard InChI is InChI=1S/C12H10N4O4S/c1-5-12(16(19)20)21-11(15-5)8-4-6(9(13)17)2-3-7(8)10(14)18/h2-4H,1H3,(H2,13,17)(H2,14,18). The highest BCUT2D eigenvalue weighted by molar-refractivity contribution is 7.18. The van der Waals surface area contributed by atoms with Crippen molar-refractivity contribution in [3.8, 4) is 10.6 Å². The molecule has 1 aromatic heterocycles. The van der Waals surface area contributed by atoms with E-state index >= 15 is 0 Å². The van der Waals surface area contributed by atoms with Crippen LogP contribution in [0.3, 0.4) is 0 Å². The normalized spacial score (nSPS) is 10.3. The topological polar surface area (TPSA) is 142 Å². The fourth-order valence-electron chi connectivity index (χ4n) is 1.76. The molecule has 0 atom stereocenters. The van der Waals surface area contributed by atoms with E-state index in [1.165, 1.54) is 25.1 Å². The summed E-state index contributed by atoms with van der Waals surface area (Å²) in [6.07, 6.45) is 0. The van der Waals surface area contributed by atoms with Crippen molar-refractivity contribution in [2.24, 2.45) is 11.5 Å². The third-order valence-electron chi connectivity index (χ3n) is 2.74. The van der Waals surface area contributed by atoms with E-state index in [0.29, 0.717) is 0 Å². The molecule has 2 rings (SSSR count). The highest BCUT2D eigenvalue weighted by Gasteiger charge is 2.22. The van der Waals surface area contributed by atoms with Crippen LogP contribution in [0.2, 0.25) is 0 Å². The van der Waals surface area contributed by atoms with Crippen molar-refractivity contribution in [3.63, 3.8) is 0 Å². The van der Waals surface area contributed by atoms with E-state index in [1.54, 1.807) is 0 Å². The second-order valence-electron chi connectivity index (χ2n) is 4.16. The van der Waals surface area contributed by atoms with Crippen LogP contribution in [0.15, 0.2) is 18.2 Å². The molecule has 108 valence electrons. The summed E-state index contributed by atoms with van der Waals surface area (Å²) in [5.74, 6) is -1.41. The van der Waals surface area contributed by atoms with Crippen molar-refractivity contribution in [1.29, 1.82) is 0 Å². The van der Waals surface area contributed by atoms with Gasteiger partial charge in [0.2, 0.25) is 11.8 Å². The predicted octanol–water partition coefficient (Wildman–Crippen LogP) is 1.22. The van der Waals surface area contributed by atoms with Crippen molar-refractivity contribution < 1.29 is 14.5 Å². The molecular formula is C12H10N4O4S. The van der Waals surface area contributed by atoms with Gasteiger partial charge in [0.05, 0.1) is 4.92 Å². The average Bonchev–Trinajstić information content (AvgIpc) is 2.80. The second-order valence-corrected chi connectivity index (χ2v) is 5.13. The Morgan fingerprint density at radius 2 is 1.95 bits per heavy atom. The summed E-state index contributed by atoms with van der Waals surface area (Å²) in [6.45, 7) is 1.49. The zero-order valence-electron chi connectivity index (χ0n) is 10.8. The predicted molar refractivity (Wildman–Crippen MR) is 76.0 cm³/mol. The number of rotatable bonds is 4. The zero-order chi connectivity index (χ0) is 15.7. The van der Waals surface area contributed by atoms with Crippen molar-refractivity contribution in [1.82, 2.24) is 4.98 Å². The molecule has 1 heterocycles. The van der Waals surface area contributed by atoms with E-state index in [0.717, 1.165) is 11.3 Å². The molecule has 0 radical (unpaired) electrons. The number of nitro groups is 1. The first-order valence-corrected chi connectivity index (χ1v) is 6.48. The van der Waals surface area contributed by atoms with Crippen LogP contribution in [0.4, 0.5) is 5.00 Å². The number of aryl methyl sites for hydroxylation is 1. The third kappa shape index (κ3) is 2.72. The molecule has 1 aromatic carbocycles. The molecule has 0 unspecified atom stereocenters. The van der Waals surface area contributed by atoms with Gasteiger partial charge in [-0.3, -0.25) is 19.7 Å². The number of carbonyl (C=O) groups excluding carboxylic acids is 2. The van der Waals surface area contributed by atoms with E-state index in [2.05, 4.69) is 4.98 Å². The Morgan fingerprint density at radius 3 is 2.43 bits per heavy atom. The molecule has 4 N–H and O–H groups in total. The summed E-state index contributed by atoms with van der Waals surface area (Å²) < 4.78 is 0. The Balaban J connectivity index is 2.68. The lowest BCUT2D eigenvalue weighted by atomic mass is 10.0. The number of carbonyl (C=O) groups is 2. The highest BCUT2D eigenvalue weighted by Crippen LogP contribution is 2.35. The van der Waals surface area contributed by atoms with E-state index in [-0.39, 0.29) is 32.4 Å². The SMILES string of the molecule is Cc1nc(-c2cc(C(N)=O)ccc2C(N)=O)sc1[N+](=O)[O-]. The van der Waals surface area contributed by atoms with Crippen LogP contribution in [0.1, 0.15) is 26.4 Å². The molecule has 0 aliphatic carbocycles. The summed E-state index contributed by atoms with van der Waals surface area (Å²) in [6, 6.07) is 4.06. The maximum Gasteiger partial charge on any atom is 0.347 e. The Kier molecular flexibility index (Phi) is 3.68. The minimum Gasteiger partial charge on any atom is -0.366 e. The van der Waals surface area contributed by atoms with Gasteiger partial charge in [-0.15, -0.1) is 0 Å². The minimum absolute atomic E-state index is 0.114. The van der Waals surface area contributed by atoms with E-state index in [1.807, 2.05) is 0 Å². The van der Waals surface area contributed by atoms with Gasteiger partial charge < -0.3 is 11.5 Å². The molecule has 0 fully saturated rings. The van der Waals surface area contributed by atoms with Gasteiger partial charge in [0.15, 0.2) is 0 Å². The van der Waals surface area contributed by atoms with Crippen molar-refractivity contribution in [3.05, 3.63) is 45.1 Å². The quantitative estimate of drug-likeness (QED) is 0.645. The number of amides is 2. The Morgan fingerprint density at radius 1 is 1.29 bits per heavy atom. The lowest BCUT2D eigenvalue weighted by Crippen LogP contribution is -2.15. The number of hydrogen-bond donors (Lipinski definition) is 2. The molecule has 0 saturated heterocycles. The summed E-state index contributed by atoms with van der Waals surface area (Å²) in [5.41, 5.74) is 11.2. The highest BCUT2D eigenvalue weighted by atomic mass is 32.1. The first-order valence-electron chi connectivity index (χ1n) is 5.67. The van der Waals surface area contributed by atoms with Gasteiger partial charge in [-0.05, 0) is 36.5 Å². The fraction of sp³-hybridized carbons (Fsp3) is 0.0833. The molecule has 8 nitrogen and oxygen atoms in total. The van der Waals surface area contributed by atoms with Crippen LogP contribution >= 0.6 is 11.3 Å². The summed E-state index contributed by atoms with van der Waals surface area (Å²) in [5, 5.41) is 11.0. The molecule has 0 saturated carbocycles. The van der Waals surface area contributed by atoms with Gasteiger partial charge in [0, 0.05) is 16.7 Å². The molecular weight excluding hydrogens is 296 g/mol. The van der Waals surface area contributed by atoms with Crippen LogP contribution in [-0.4, -0.2) is 21.7 Å².